The number of Topliss-reactive ketones (excluding diaryl/α,β-unsaturated/α-hetero) is 1. The van der Waals surface area contributed by atoms with Crippen LogP contribution in [0.15, 0.2) is 0 Å². The van der Waals surface area contributed by atoms with Crippen LogP contribution >= 0.6 is 0 Å². The fourth-order valence-corrected chi connectivity index (χ4v) is 1.69. The normalized spacial score (nSPS) is 10.3. The van der Waals surface area contributed by atoms with Gasteiger partial charge in [0.05, 0.1) is 0 Å². The second-order valence-corrected chi connectivity index (χ2v) is 5.67. The first kappa shape index (κ1) is 21.1. The summed E-state index contributed by atoms with van der Waals surface area (Å²) in [5, 5.41) is 7.95. The third kappa shape index (κ3) is 12.3. The van der Waals surface area contributed by atoms with Crippen LogP contribution in [-0.2, 0) is 19.2 Å². The molecule has 0 spiro atoms. The van der Waals surface area contributed by atoms with Crippen molar-refractivity contribution in [1.29, 1.82) is 0 Å². The molecule has 0 aliphatic rings. The van der Waals surface area contributed by atoms with E-state index in [1.165, 1.54) is 0 Å². The Labute approximate surface area is 138 Å². The smallest absolute Gasteiger partial charge is 0.221 e. The van der Waals surface area contributed by atoms with Gasteiger partial charge >= 0.3 is 0 Å². The Morgan fingerprint density at radius 2 is 1.13 bits per heavy atom. The van der Waals surface area contributed by atoms with Crippen LogP contribution < -0.4 is 16.0 Å². The van der Waals surface area contributed by atoms with Gasteiger partial charge in [-0.05, 0) is 6.42 Å². The first-order chi connectivity index (χ1) is 10.9. The molecule has 3 N–H and O–H groups in total. The first-order valence-corrected chi connectivity index (χ1v) is 8.19. The van der Waals surface area contributed by atoms with Crippen molar-refractivity contribution < 1.29 is 19.2 Å². The van der Waals surface area contributed by atoms with Crippen molar-refractivity contribution in [2.45, 2.75) is 52.9 Å². The van der Waals surface area contributed by atoms with Gasteiger partial charge in [-0.2, -0.15) is 0 Å². The number of hydrogen-bond donors (Lipinski definition) is 3. The number of nitrogens with one attached hydrogen (secondary N) is 3. The van der Waals surface area contributed by atoms with E-state index < -0.39 is 0 Å². The predicted octanol–water partition coefficient (Wildman–Crippen LogP) is 0.531. The van der Waals surface area contributed by atoms with E-state index >= 15 is 0 Å². The molecule has 0 aromatic rings. The highest BCUT2D eigenvalue weighted by Crippen LogP contribution is 2.01. The number of rotatable bonds is 12. The van der Waals surface area contributed by atoms with Crippen molar-refractivity contribution in [1.82, 2.24) is 16.0 Å². The summed E-state index contributed by atoms with van der Waals surface area (Å²) in [6.07, 6.45) is 1.65. The van der Waals surface area contributed by atoms with Gasteiger partial charge in [0, 0.05) is 51.2 Å². The molecule has 132 valence electrons. The standard InChI is InChI=1S/C16H29N3O4/c1-4-9-17-15(22)7-11-19-16(23)8-10-18-14(21)6-5-13(20)12(2)3/h12H,4-11H2,1-3H3,(H,17,22)(H,18,21)(H,19,23). The molecule has 0 fully saturated rings. The molecular formula is C16H29N3O4. The number of amides is 3. The van der Waals surface area contributed by atoms with Gasteiger partial charge < -0.3 is 16.0 Å². The SMILES string of the molecule is CCCNC(=O)CCNC(=O)CCNC(=O)CCC(=O)C(C)C. The van der Waals surface area contributed by atoms with Crippen LogP contribution in [0, 0.1) is 5.92 Å². The molecule has 0 heterocycles. The fraction of sp³-hybridized carbons (Fsp3) is 0.750. The van der Waals surface area contributed by atoms with Crippen LogP contribution in [0.25, 0.3) is 0 Å². The van der Waals surface area contributed by atoms with E-state index in [1.54, 1.807) is 13.8 Å². The molecule has 0 aromatic carbocycles. The number of ketones is 1. The molecule has 0 aromatic heterocycles. The second-order valence-electron chi connectivity index (χ2n) is 5.67. The van der Waals surface area contributed by atoms with Crippen LogP contribution in [-0.4, -0.2) is 43.1 Å². The maximum Gasteiger partial charge on any atom is 0.221 e. The van der Waals surface area contributed by atoms with E-state index in [0.717, 1.165) is 6.42 Å². The lowest BCUT2D eigenvalue weighted by molar-refractivity contribution is -0.127. The van der Waals surface area contributed by atoms with Crippen LogP contribution in [0.2, 0.25) is 0 Å². The fourth-order valence-electron chi connectivity index (χ4n) is 1.69. The Kier molecular flexibility index (Phi) is 11.6. The number of hydrogen-bond acceptors (Lipinski definition) is 4. The Morgan fingerprint density at radius 3 is 1.57 bits per heavy atom. The van der Waals surface area contributed by atoms with Gasteiger partial charge in [0.25, 0.3) is 0 Å². The van der Waals surface area contributed by atoms with Crippen molar-refractivity contribution in [3.8, 4) is 0 Å². The van der Waals surface area contributed by atoms with Gasteiger partial charge in [0.1, 0.15) is 5.78 Å². The highest BCUT2D eigenvalue weighted by atomic mass is 16.2. The van der Waals surface area contributed by atoms with Crippen molar-refractivity contribution in [3.63, 3.8) is 0 Å². The topological polar surface area (TPSA) is 104 Å². The Bertz CT molecular complexity index is 408. The van der Waals surface area contributed by atoms with Gasteiger partial charge in [-0.25, -0.2) is 0 Å². The van der Waals surface area contributed by atoms with Crippen LogP contribution in [0.4, 0.5) is 0 Å². The Morgan fingerprint density at radius 1 is 0.696 bits per heavy atom. The third-order valence-electron chi connectivity index (χ3n) is 3.16. The lowest BCUT2D eigenvalue weighted by Crippen LogP contribution is -2.33. The Balaban J connectivity index is 3.64. The molecule has 0 saturated heterocycles. The van der Waals surface area contributed by atoms with Gasteiger partial charge in [-0.3, -0.25) is 19.2 Å². The summed E-state index contributed by atoms with van der Waals surface area (Å²) in [6.45, 7) is 6.71. The van der Waals surface area contributed by atoms with Crippen molar-refractivity contribution in [2.24, 2.45) is 5.92 Å². The van der Waals surface area contributed by atoms with E-state index in [-0.39, 0.29) is 68.2 Å². The second kappa shape index (κ2) is 12.6. The van der Waals surface area contributed by atoms with E-state index in [1.807, 2.05) is 6.92 Å². The molecule has 0 unspecified atom stereocenters. The summed E-state index contributed by atoms with van der Waals surface area (Å²) in [7, 11) is 0. The first-order valence-electron chi connectivity index (χ1n) is 8.19. The van der Waals surface area contributed by atoms with E-state index in [0.29, 0.717) is 6.54 Å². The van der Waals surface area contributed by atoms with Crippen LogP contribution in [0.3, 0.4) is 0 Å². The van der Waals surface area contributed by atoms with E-state index in [4.69, 9.17) is 0 Å². The molecule has 7 heteroatoms. The van der Waals surface area contributed by atoms with Gasteiger partial charge in [0.15, 0.2) is 0 Å². The zero-order valence-electron chi connectivity index (χ0n) is 14.4. The van der Waals surface area contributed by atoms with Crippen molar-refractivity contribution >= 4 is 23.5 Å². The minimum Gasteiger partial charge on any atom is -0.356 e. The summed E-state index contributed by atoms with van der Waals surface area (Å²) in [5.41, 5.74) is 0. The summed E-state index contributed by atoms with van der Waals surface area (Å²) in [4.78, 5) is 45.7. The predicted molar refractivity (Wildman–Crippen MR) is 87.6 cm³/mol. The monoisotopic (exact) mass is 327 g/mol. The molecular weight excluding hydrogens is 298 g/mol. The van der Waals surface area contributed by atoms with E-state index in [2.05, 4.69) is 16.0 Å². The maximum absolute atomic E-state index is 11.5. The summed E-state index contributed by atoms with van der Waals surface area (Å²) >= 11 is 0. The summed E-state index contributed by atoms with van der Waals surface area (Å²) < 4.78 is 0. The molecule has 0 aliphatic heterocycles. The molecule has 0 bridgehead atoms. The average Bonchev–Trinajstić information content (AvgIpc) is 2.50. The van der Waals surface area contributed by atoms with Crippen LogP contribution in [0.1, 0.15) is 52.9 Å². The van der Waals surface area contributed by atoms with Crippen molar-refractivity contribution in [2.75, 3.05) is 19.6 Å². The molecule has 0 radical (unpaired) electrons. The lowest BCUT2D eigenvalue weighted by atomic mass is 10.0. The quantitative estimate of drug-likeness (QED) is 0.486. The summed E-state index contributed by atoms with van der Waals surface area (Å²) in [6, 6.07) is 0. The largest absolute Gasteiger partial charge is 0.356 e. The zero-order valence-corrected chi connectivity index (χ0v) is 14.4. The Hall–Kier alpha value is -1.92. The number of carbonyl (C=O) groups is 4. The lowest BCUT2D eigenvalue weighted by Gasteiger charge is -2.07. The minimum atomic E-state index is -0.231. The number of carbonyl (C=O) groups excluding carboxylic acids is 4. The molecule has 0 saturated carbocycles. The molecule has 7 nitrogen and oxygen atoms in total. The molecule has 3 amide bonds. The van der Waals surface area contributed by atoms with Gasteiger partial charge in [-0.1, -0.05) is 20.8 Å². The van der Waals surface area contributed by atoms with Crippen LogP contribution in [0.5, 0.6) is 0 Å². The van der Waals surface area contributed by atoms with Crippen molar-refractivity contribution in [3.05, 3.63) is 0 Å². The van der Waals surface area contributed by atoms with Gasteiger partial charge in [0.2, 0.25) is 17.7 Å². The minimum absolute atomic E-state index is 0.0549. The molecule has 23 heavy (non-hydrogen) atoms. The molecule has 0 aliphatic carbocycles. The molecule has 0 rings (SSSR count). The van der Waals surface area contributed by atoms with E-state index in [9.17, 15) is 19.2 Å². The summed E-state index contributed by atoms with van der Waals surface area (Å²) in [5.74, 6) is -0.546. The highest BCUT2D eigenvalue weighted by molar-refractivity contribution is 5.86. The zero-order chi connectivity index (χ0) is 17.7. The molecule has 0 atom stereocenters. The maximum atomic E-state index is 11.5. The van der Waals surface area contributed by atoms with Gasteiger partial charge in [-0.15, -0.1) is 0 Å². The highest BCUT2D eigenvalue weighted by Gasteiger charge is 2.10. The average molecular weight is 327 g/mol. The third-order valence-corrected chi connectivity index (χ3v) is 3.16.